The second kappa shape index (κ2) is 13.9. The van der Waals surface area contributed by atoms with Gasteiger partial charge >= 0.3 is 157 Å². The zero-order valence-corrected chi connectivity index (χ0v) is 19.3. The van der Waals surface area contributed by atoms with E-state index in [4.69, 9.17) is 19.6 Å². The minimum absolute atomic E-state index is 0. The molecule has 0 fully saturated rings. The van der Waals surface area contributed by atoms with Gasteiger partial charge in [-0.2, -0.15) is 0 Å². The molecule has 0 heterocycles. The number of carbonyl (C=O) groups is 1. The Morgan fingerprint density at radius 2 is 1.06 bits per heavy atom. The molecule has 0 aromatic rings. The normalized spacial score (nSPS) is 9.25. The topological polar surface area (TPSA) is 151 Å². The number of carbonyl (C=O) groups excluding carboxylic acids is 1. The summed E-state index contributed by atoms with van der Waals surface area (Å²) in [7, 11) is -10.3. The van der Waals surface area contributed by atoms with Crippen molar-refractivity contribution < 1.29 is 88.8 Å². The van der Waals surface area contributed by atoms with Gasteiger partial charge in [-0.05, 0) is 0 Å². The molecule has 84 valence electrons. The van der Waals surface area contributed by atoms with Crippen molar-refractivity contribution in [3.8, 4) is 0 Å². The van der Waals surface area contributed by atoms with Crippen LogP contribution in [0.15, 0.2) is 0 Å². The van der Waals surface area contributed by atoms with E-state index in [1.54, 1.807) is 0 Å². The van der Waals surface area contributed by atoms with E-state index in [1.165, 1.54) is 0 Å². The van der Waals surface area contributed by atoms with E-state index in [0.717, 1.165) is 0 Å². The largest absolute Gasteiger partial charge is 2.00 e. The van der Waals surface area contributed by atoms with E-state index in [1.807, 2.05) is 0 Å². The van der Waals surface area contributed by atoms with Crippen molar-refractivity contribution >= 4 is 120 Å². The summed E-state index contributed by atoms with van der Waals surface area (Å²) in [6.07, 6.45) is -2.14. The van der Waals surface area contributed by atoms with Crippen molar-refractivity contribution in [1.82, 2.24) is 0 Å². The molecule has 0 amide bonds. The van der Waals surface area contributed by atoms with Gasteiger partial charge < -0.3 is 17.6 Å². The zero-order valence-electron chi connectivity index (χ0n) is 14.6. The summed E-state index contributed by atoms with van der Waals surface area (Å²) in [5.41, 5.74) is 0. The van der Waals surface area contributed by atoms with E-state index < -0.39 is 21.8 Å². The molecule has 0 aliphatic carbocycles. The van der Waals surface area contributed by atoms with E-state index in [-0.39, 0.29) is 144 Å². The van der Waals surface area contributed by atoms with Crippen LogP contribution in [0.3, 0.4) is 0 Å². The van der Waals surface area contributed by atoms with Crippen LogP contribution >= 0.6 is 15.6 Å². The smallest absolute Gasteiger partial charge is 1.00 e. The van der Waals surface area contributed by atoms with Gasteiger partial charge in [0, 0.05) is 0 Å². The standard InChI is InChI=1S/CH4O9P2.2Ba.2Li.6H/c2-1(9-11(3,4)5)10-12(6,7)8;;;;;;;;;;/h(H2,3,4,5)(H2,6,7,8);;;;;;;;;;/q;2*+2;2*+1;6*-1. The minimum atomic E-state index is -5.13. The SMILES string of the molecule is O=C(OP(=O)(O)O)OP(=O)(O)O.[Ba+2].[Ba+2].[H-].[H-].[H-].[H-].[H-].[H-].[Li+].[Li+]. The third kappa shape index (κ3) is 26.5. The van der Waals surface area contributed by atoms with Gasteiger partial charge in [-0.1, -0.05) is 0 Å². The number of phosphoric ester groups is 2. The molecule has 0 aliphatic heterocycles. The Labute approximate surface area is 204 Å². The van der Waals surface area contributed by atoms with Crippen molar-refractivity contribution in [2.75, 3.05) is 0 Å². The maximum Gasteiger partial charge on any atom is 2.00 e. The monoisotopic (exact) mass is 518 g/mol. The van der Waals surface area contributed by atoms with E-state index in [2.05, 4.69) is 9.05 Å². The Balaban J connectivity index is -0.0000000134. The molecular weight excluding hydrogens is 506 g/mol. The first kappa shape index (κ1) is 32.0. The average molecular weight is 517 g/mol. The van der Waals surface area contributed by atoms with Crippen LogP contribution in [0.1, 0.15) is 8.56 Å². The molecule has 0 saturated heterocycles. The molecule has 0 bridgehead atoms. The molecule has 0 aromatic carbocycles. The molecule has 4 N–H and O–H groups in total. The molecule has 0 atom stereocenters. The second-order valence-electron chi connectivity index (χ2n) is 1.41. The minimum Gasteiger partial charge on any atom is -1.00 e. The van der Waals surface area contributed by atoms with Crippen molar-refractivity contribution in [3.05, 3.63) is 0 Å². The number of hydrogen-bond donors (Lipinski definition) is 4. The van der Waals surface area contributed by atoms with Crippen LogP contribution in [-0.2, 0) is 18.2 Å². The predicted octanol–water partition coefficient (Wildman–Crippen LogP) is -6.75. The Hall–Kier alpha value is 3.91. The van der Waals surface area contributed by atoms with Crippen molar-refractivity contribution in [1.29, 1.82) is 0 Å². The average Bonchev–Trinajstić information content (AvgIpc) is 1.49. The molecule has 0 aliphatic rings. The quantitative estimate of drug-likeness (QED) is 0.207. The summed E-state index contributed by atoms with van der Waals surface area (Å²) in [6.45, 7) is 0. The number of rotatable bonds is 2. The molecule has 0 rings (SSSR count). The third-order valence-corrected chi connectivity index (χ3v) is 1.16. The fraction of sp³-hybridized carbons (Fsp3) is 0. The molecule has 0 radical (unpaired) electrons. The van der Waals surface area contributed by atoms with Crippen LogP contribution < -0.4 is 37.7 Å². The molecular formula is CH10Ba2Li2O9P2. The van der Waals surface area contributed by atoms with Crippen molar-refractivity contribution in [3.63, 3.8) is 0 Å². The fourth-order valence-corrected chi connectivity index (χ4v) is 0.733. The summed E-state index contributed by atoms with van der Waals surface area (Å²) in [5, 5.41) is 0. The van der Waals surface area contributed by atoms with Gasteiger partial charge in [0.1, 0.15) is 0 Å². The summed E-state index contributed by atoms with van der Waals surface area (Å²) in [6, 6.07) is 0. The first-order chi connectivity index (χ1) is 5.10. The Kier molecular flexibility index (Phi) is 27.8. The first-order valence-corrected chi connectivity index (χ1v) is 5.20. The van der Waals surface area contributed by atoms with Crippen molar-refractivity contribution in [2.24, 2.45) is 0 Å². The van der Waals surface area contributed by atoms with Crippen LogP contribution in [-0.4, -0.2) is 123 Å². The Morgan fingerprint density at radius 1 is 0.875 bits per heavy atom. The molecule has 15 heteroatoms. The van der Waals surface area contributed by atoms with Crippen LogP contribution in [0.25, 0.3) is 0 Å². The van der Waals surface area contributed by atoms with Crippen LogP contribution in [0, 0.1) is 0 Å². The van der Waals surface area contributed by atoms with Gasteiger partial charge in [-0.15, -0.1) is 0 Å². The maximum absolute atomic E-state index is 10.0. The first-order valence-electron chi connectivity index (χ1n) is 2.14. The second-order valence-corrected chi connectivity index (χ2v) is 3.74. The van der Waals surface area contributed by atoms with Gasteiger partial charge in [0.15, 0.2) is 0 Å². The molecule has 0 spiro atoms. The van der Waals surface area contributed by atoms with Crippen LogP contribution in [0.5, 0.6) is 0 Å². The van der Waals surface area contributed by atoms with Crippen LogP contribution in [0.2, 0.25) is 0 Å². The predicted molar refractivity (Wildman–Crippen MR) is 49.8 cm³/mol. The molecule has 16 heavy (non-hydrogen) atoms. The molecule has 0 aromatic heterocycles. The summed E-state index contributed by atoms with van der Waals surface area (Å²) < 4.78 is 25.9. The van der Waals surface area contributed by atoms with E-state index >= 15 is 0 Å². The van der Waals surface area contributed by atoms with E-state index in [0.29, 0.717) is 0 Å². The van der Waals surface area contributed by atoms with Gasteiger partial charge in [-0.3, -0.25) is 19.6 Å². The Morgan fingerprint density at radius 3 is 1.19 bits per heavy atom. The third-order valence-electron chi connectivity index (χ3n) is 0.387. The summed E-state index contributed by atoms with van der Waals surface area (Å²) in [4.78, 5) is 41.7. The van der Waals surface area contributed by atoms with Crippen molar-refractivity contribution in [2.45, 2.75) is 0 Å². The van der Waals surface area contributed by atoms with E-state index in [9.17, 15) is 13.9 Å². The van der Waals surface area contributed by atoms with Crippen LogP contribution in [0.4, 0.5) is 4.79 Å². The molecule has 0 saturated carbocycles. The van der Waals surface area contributed by atoms with Gasteiger partial charge in [0.2, 0.25) is 0 Å². The van der Waals surface area contributed by atoms with Gasteiger partial charge in [-0.25, -0.2) is 13.9 Å². The fourth-order valence-electron chi connectivity index (χ4n) is 0.211. The van der Waals surface area contributed by atoms with Gasteiger partial charge in [0.05, 0.1) is 0 Å². The molecule has 9 nitrogen and oxygen atoms in total. The summed E-state index contributed by atoms with van der Waals surface area (Å²) >= 11 is 0. The number of hydrogen-bond acceptors (Lipinski definition) is 5. The van der Waals surface area contributed by atoms with Gasteiger partial charge in [0.25, 0.3) is 0 Å². The summed E-state index contributed by atoms with van der Waals surface area (Å²) in [5.74, 6) is 0. The molecule has 0 unspecified atom stereocenters. The Bertz CT molecular complexity index is 263. The zero-order chi connectivity index (χ0) is 9.99. The maximum atomic E-state index is 10.0. The number of phosphoric acid groups is 2.